The van der Waals surface area contributed by atoms with Crippen molar-refractivity contribution >= 4 is 17.2 Å². The monoisotopic (exact) mass is 358 g/mol. The number of aryl methyl sites for hydroxylation is 3. The molecule has 3 aromatic heterocycles. The van der Waals surface area contributed by atoms with Crippen LogP contribution in [0.5, 0.6) is 0 Å². The molecule has 1 aliphatic rings. The molecule has 9 nitrogen and oxygen atoms in total. The number of thiazole rings is 1. The molecular formula is C15H18N8OS. The van der Waals surface area contributed by atoms with E-state index in [0.717, 1.165) is 35.1 Å². The lowest BCUT2D eigenvalue weighted by atomic mass is 10.2. The number of carbonyl (C=O) groups excluding carboxylic acids is 1. The van der Waals surface area contributed by atoms with E-state index in [1.54, 1.807) is 10.9 Å². The third-order valence-corrected chi connectivity index (χ3v) is 5.07. The topological polar surface area (TPSA) is 94.6 Å². The van der Waals surface area contributed by atoms with Gasteiger partial charge in [-0.15, -0.1) is 21.5 Å². The number of fused-ring (bicyclic) bond motifs is 1. The first kappa shape index (κ1) is 15.9. The van der Waals surface area contributed by atoms with E-state index in [2.05, 4.69) is 25.6 Å². The molecule has 3 aromatic rings. The Morgan fingerprint density at radius 1 is 1.28 bits per heavy atom. The van der Waals surface area contributed by atoms with Crippen LogP contribution in [0.2, 0.25) is 0 Å². The van der Waals surface area contributed by atoms with Gasteiger partial charge in [-0.25, -0.2) is 14.3 Å². The van der Waals surface area contributed by atoms with E-state index in [1.165, 1.54) is 11.3 Å². The van der Waals surface area contributed by atoms with Gasteiger partial charge in [-0.3, -0.25) is 4.79 Å². The molecule has 130 valence electrons. The third-order valence-electron chi connectivity index (χ3n) is 4.29. The fourth-order valence-corrected chi connectivity index (χ4v) is 3.51. The summed E-state index contributed by atoms with van der Waals surface area (Å²) in [6.45, 7) is 6.26. The van der Waals surface area contributed by atoms with Gasteiger partial charge in [0.2, 0.25) is 0 Å². The summed E-state index contributed by atoms with van der Waals surface area (Å²) in [5, 5.41) is 19.2. The van der Waals surface area contributed by atoms with Crippen molar-refractivity contribution in [1.29, 1.82) is 0 Å². The Morgan fingerprint density at radius 2 is 2.16 bits per heavy atom. The van der Waals surface area contributed by atoms with Gasteiger partial charge in [-0.05, 0) is 20.3 Å². The van der Waals surface area contributed by atoms with Crippen LogP contribution in [0.3, 0.4) is 0 Å². The highest BCUT2D eigenvalue weighted by Crippen LogP contribution is 2.19. The number of carbonyl (C=O) groups is 1. The summed E-state index contributed by atoms with van der Waals surface area (Å²) in [7, 11) is 0. The predicted octanol–water partition coefficient (Wildman–Crippen LogP) is 1.04. The lowest BCUT2D eigenvalue weighted by Gasteiger charge is -2.19. The van der Waals surface area contributed by atoms with Crippen molar-refractivity contribution in [3.63, 3.8) is 0 Å². The Hall–Kier alpha value is -2.62. The van der Waals surface area contributed by atoms with Crippen molar-refractivity contribution in [1.82, 2.24) is 39.9 Å². The molecule has 4 heterocycles. The molecule has 25 heavy (non-hydrogen) atoms. The molecule has 0 spiro atoms. The fourth-order valence-electron chi connectivity index (χ4n) is 2.92. The molecule has 0 saturated carbocycles. The van der Waals surface area contributed by atoms with E-state index in [9.17, 15) is 4.79 Å². The summed E-state index contributed by atoms with van der Waals surface area (Å²) < 4.78 is 3.67. The highest BCUT2D eigenvalue weighted by atomic mass is 32.1. The summed E-state index contributed by atoms with van der Waals surface area (Å²) in [4.78, 5) is 18.9. The van der Waals surface area contributed by atoms with Crippen LogP contribution >= 0.6 is 11.3 Å². The molecule has 0 saturated heterocycles. The summed E-state index contributed by atoms with van der Waals surface area (Å²) in [6.07, 6.45) is 2.55. The van der Waals surface area contributed by atoms with E-state index in [-0.39, 0.29) is 5.91 Å². The Labute approximate surface area is 148 Å². The third kappa shape index (κ3) is 3.04. The summed E-state index contributed by atoms with van der Waals surface area (Å²) >= 11 is 1.49. The van der Waals surface area contributed by atoms with E-state index in [0.29, 0.717) is 25.3 Å². The number of hydrogen-bond donors (Lipinski definition) is 0. The standard InChI is InChI=1S/C15H18N8OS/c1-10-6-16-19-23(10)7-12-14-8-21(4-3-5-22(14)20-18-12)15(24)13-9-25-11(2)17-13/h6,9H,3-5,7-8H2,1-2H3. The van der Waals surface area contributed by atoms with Crippen LogP contribution in [0.1, 0.15) is 39.0 Å². The first-order valence-corrected chi connectivity index (χ1v) is 8.97. The van der Waals surface area contributed by atoms with E-state index < -0.39 is 0 Å². The van der Waals surface area contributed by atoms with Crippen LogP contribution in [0.25, 0.3) is 0 Å². The van der Waals surface area contributed by atoms with Gasteiger partial charge in [0.25, 0.3) is 5.91 Å². The van der Waals surface area contributed by atoms with Crippen molar-refractivity contribution in [2.45, 2.75) is 39.9 Å². The second-order valence-corrected chi connectivity index (χ2v) is 7.13. The minimum absolute atomic E-state index is 0.0399. The van der Waals surface area contributed by atoms with Crippen LogP contribution in [-0.2, 0) is 19.6 Å². The van der Waals surface area contributed by atoms with Gasteiger partial charge in [0.1, 0.15) is 11.4 Å². The smallest absolute Gasteiger partial charge is 0.273 e. The van der Waals surface area contributed by atoms with Crippen LogP contribution in [-0.4, -0.2) is 52.3 Å². The maximum Gasteiger partial charge on any atom is 0.273 e. The van der Waals surface area contributed by atoms with Gasteiger partial charge >= 0.3 is 0 Å². The molecule has 0 aromatic carbocycles. The molecule has 0 fully saturated rings. The van der Waals surface area contributed by atoms with Crippen molar-refractivity contribution in [2.24, 2.45) is 0 Å². The maximum absolute atomic E-state index is 12.8. The fraction of sp³-hybridized carbons (Fsp3) is 0.467. The van der Waals surface area contributed by atoms with Crippen molar-refractivity contribution in [3.05, 3.63) is 39.4 Å². The summed E-state index contributed by atoms with van der Waals surface area (Å²) in [5.74, 6) is -0.0399. The lowest BCUT2D eigenvalue weighted by Crippen LogP contribution is -2.31. The Bertz CT molecular complexity index is 910. The van der Waals surface area contributed by atoms with E-state index in [4.69, 9.17) is 0 Å². The first-order chi connectivity index (χ1) is 12.1. The zero-order chi connectivity index (χ0) is 17.4. The van der Waals surface area contributed by atoms with Crippen LogP contribution < -0.4 is 0 Å². The molecule has 0 unspecified atom stereocenters. The molecule has 1 aliphatic heterocycles. The van der Waals surface area contributed by atoms with Crippen molar-refractivity contribution in [2.75, 3.05) is 6.54 Å². The maximum atomic E-state index is 12.8. The summed E-state index contributed by atoms with van der Waals surface area (Å²) in [6, 6.07) is 0. The van der Waals surface area contributed by atoms with E-state index in [1.807, 2.05) is 28.8 Å². The second-order valence-electron chi connectivity index (χ2n) is 6.07. The zero-order valence-electron chi connectivity index (χ0n) is 14.1. The normalized spacial score (nSPS) is 14.4. The SMILES string of the molecule is Cc1nc(C(=O)N2CCCn3nnc(Cn4nncc4C)c3C2)cs1. The number of rotatable bonds is 3. The number of aromatic nitrogens is 7. The first-order valence-electron chi connectivity index (χ1n) is 8.09. The molecule has 0 bridgehead atoms. The van der Waals surface area contributed by atoms with Crippen molar-refractivity contribution in [3.8, 4) is 0 Å². The summed E-state index contributed by atoms with van der Waals surface area (Å²) in [5.41, 5.74) is 3.24. The quantitative estimate of drug-likeness (QED) is 0.694. The molecule has 0 N–H and O–H groups in total. The molecule has 0 aliphatic carbocycles. The number of amides is 1. The molecule has 10 heteroatoms. The largest absolute Gasteiger partial charge is 0.331 e. The Morgan fingerprint density at radius 3 is 2.88 bits per heavy atom. The average molecular weight is 358 g/mol. The average Bonchev–Trinajstić information content (AvgIpc) is 3.26. The van der Waals surface area contributed by atoms with Crippen LogP contribution in [0.15, 0.2) is 11.6 Å². The lowest BCUT2D eigenvalue weighted by molar-refractivity contribution is 0.0740. The number of hydrogen-bond acceptors (Lipinski definition) is 7. The highest BCUT2D eigenvalue weighted by molar-refractivity contribution is 7.09. The number of nitrogens with zero attached hydrogens (tertiary/aromatic N) is 8. The van der Waals surface area contributed by atoms with E-state index >= 15 is 0 Å². The van der Waals surface area contributed by atoms with Crippen LogP contribution in [0.4, 0.5) is 0 Å². The highest BCUT2D eigenvalue weighted by Gasteiger charge is 2.25. The molecular weight excluding hydrogens is 340 g/mol. The minimum atomic E-state index is -0.0399. The van der Waals surface area contributed by atoms with Gasteiger partial charge in [0.15, 0.2) is 0 Å². The Kier molecular flexibility index (Phi) is 4.04. The van der Waals surface area contributed by atoms with Gasteiger partial charge < -0.3 is 4.90 Å². The zero-order valence-corrected chi connectivity index (χ0v) is 14.9. The van der Waals surface area contributed by atoms with Crippen LogP contribution in [0, 0.1) is 13.8 Å². The van der Waals surface area contributed by atoms with Gasteiger partial charge in [0, 0.05) is 18.5 Å². The molecule has 0 radical (unpaired) electrons. The minimum Gasteiger partial charge on any atom is -0.331 e. The van der Waals surface area contributed by atoms with Gasteiger partial charge in [0.05, 0.1) is 35.7 Å². The predicted molar refractivity (Wildman–Crippen MR) is 90.1 cm³/mol. The molecule has 0 atom stereocenters. The van der Waals surface area contributed by atoms with Gasteiger partial charge in [-0.2, -0.15) is 0 Å². The van der Waals surface area contributed by atoms with Crippen molar-refractivity contribution < 1.29 is 4.79 Å². The molecule has 1 amide bonds. The Balaban J connectivity index is 1.60. The van der Waals surface area contributed by atoms with Gasteiger partial charge in [-0.1, -0.05) is 10.4 Å². The molecule has 4 rings (SSSR count). The second kappa shape index (κ2) is 6.36.